The molecule has 0 spiro atoms. The maximum atomic E-state index is 14.0. The molecule has 2 aromatic carbocycles. The maximum Gasteiger partial charge on any atom is 0.248 e. The van der Waals surface area contributed by atoms with Crippen LogP contribution in [-0.2, 0) is 21.4 Å². The van der Waals surface area contributed by atoms with E-state index in [4.69, 9.17) is 16.1 Å². The van der Waals surface area contributed by atoms with E-state index in [1.165, 1.54) is 29.4 Å². The molecule has 0 unspecified atom stereocenters. The average molecular weight is 518 g/mol. The third-order valence-corrected chi connectivity index (χ3v) is 8.16. The van der Waals surface area contributed by atoms with Crippen molar-refractivity contribution in [3.8, 4) is 0 Å². The van der Waals surface area contributed by atoms with Crippen molar-refractivity contribution in [1.82, 2.24) is 14.8 Å². The van der Waals surface area contributed by atoms with Gasteiger partial charge in [0.05, 0.1) is 5.92 Å². The lowest BCUT2D eigenvalue weighted by molar-refractivity contribution is -0.126. The van der Waals surface area contributed by atoms with Gasteiger partial charge in [-0.2, -0.15) is 4.31 Å². The second-order valence-electron chi connectivity index (χ2n) is 8.36. The van der Waals surface area contributed by atoms with Crippen molar-refractivity contribution < 1.29 is 22.1 Å². The van der Waals surface area contributed by atoms with E-state index < -0.39 is 21.8 Å². The predicted molar refractivity (Wildman–Crippen MR) is 131 cm³/mol. The first-order chi connectivity index (χ1) is 16.8. The van der Waals surface area contributed by atoms with Gasteiger partial charge in [-0.3, -0.25) is 4.79 Å². The number of hydrogen-bond donors (Lipinski definition) is 1. The molecule has 0 aliphatic carbocycles. The first-order valence-corrected chi connectivity index (χ1v) is 13.0. The van der Waals surface area contributed by atoms with E-state index in [2.05, 4.69) is 10.5 Å². The van der Waals surface area contributed by atoms with Gasteiger partial charge in [0.25, 0.3) is 0 Å². The minimum atomic E-state index is -4.00. The molecule has 0 radical (unpaired) electrons. The van der Waals surface area contributed by atoms with Crippen molar-refractivity contribution in [2.45, 2.75) is 31.2 Å². The van der Waals surface area contributed by atoms with Crippen LogP contribution in [0.5, 0.6) is 0 Å². The Morgan fingerprint density at radius 2 is 1.97 bits per heavy atom. The Kier molecular flexibility index (Phi) is 7.69. The third kappa shape index (κ3) is 5.80. The van der Waals surface area contributed by atoms with Gasteiger partial charge in [0, 0.05) is 30.2 Å². The number of carbonyl (C=O) groups is 1. The third-order valence-electron chi connectivity index (χ3n) is 5.89. The van der Waals surface area contributed by atoms with Crippen LogP contribution in [0.1, 0.15) is 35.4 Å². The second-order valence-corrected chi connectivity index (χ2v) is 10.7. The van der Waals surface area contributed by atoms with Crippen LogP contribution >= 0.6 is 11.6 Å². The molecular weight excluding hydrogens is 493 g/mol. The lowest BCUT2D eigenvalue weighted by Crippen LogP contribution is -2.45. The van der Waals surface area contributed by atoms with Crippen molar-refractivity contribution in [2.75, 3.05) is 13.1 Å². The summed E-state index contributed by atoms with van der Waals surface area (Å²) in [6.45, 7) is 2.20. The minimum Gasteiger partial charge on any atom is -0.355 e. The summed E-state index contributed by atoms with van der Waals surface area (Å²) >= 11 is 5.90. The summed E-state index contributed by atoms with van der Waals surface area (Å²) in [5.74, 6) is -1.11. The Morgan fingerprint density at radius 3 is 2.71 bits per heavy atom. The van der Waals surface area contributed by atoms with Gasteiger partial charge in [0.2, 0.25) is 15.9 Å². The van der Waals surface area contributed by atoms with Crippen LogP contribution in [-0.4, -0.2) is 36.9 Å². The van der Waals surface area contributed by atoms with Crippen LogP contribution in [0, 0.1) is 18.7 Å². The van der Waals surface area contributed by atoms with E-state index in [1.807, 2.05) is 12.1 Å². The largest absolute Gasteiger partial charge is 0.355 e. The van der Waals surface area contributed by atoms with E-state index in [0.29, 0.717) is 30.0 Å². The number of rotatable bonds is 7. The van der Waals surface area contributed by atoms with Gasteiger partial charge in [-0.15, -0.1) is 0 Å². The minimum absolute atomic E-state index is 0.0140. The zero-order valence-electron chi connectivity index (χ0n) is 19.1. The highest BCUT2D eigenvalue weighted by Gasteiger charge is 2.36. The molecule has 0 bridgehead atoms. The zero-order chi connectivity index (χ0) is 25.0. The van der Waals surface area contributed by atoms with E-state index >= 15 is 0 Å². The Hall–Kier alpha value is -3.01. The normalized spacial score (nSPS) is 17.1. The molecule has 184 valence electrons. The van der Waals surface area contributed by atoms with Crippen LogP contribution in [0.2, 0.25) is 5.02 Å². The van der Waals surface area contributed by atoms with Crippen LogP contribution in [0.25, 0.3) is 12.2 Å². The molecule has 4 rings (SSSR count). The lowest BCUT2D eigenvalue weighted by atomic mass is 9.99. The van der Waals surface area contributed by atoms with Gasteiger partial charge in [0.1, 0.15) is 11.5 Å². The van der Waals surface area contributed by atoms with Crippen molar-refractivity contribution in [3.05, 3.63) is 82.0 Å². The monoisotopic (exact) mass is 517 g/mol. The summed E-state index contributed by atoms with van der Waals surface area (Å²) in [5, 5.41) is 7.31. The number of halogens is 2. The number of aryl methyl sites for hydroxylation is 1. The number of hydrogen-bond acceptors (Lipinski definition) is 5. The van der Waals surface area contributed by atoms with Crippen LogP contribution in [0.3, 0.4) is 0 Å². The number of amides is 1. The molecule has 35 heavy (non-hydrogen) atoms. The quantitative estimate of drug-likeness (QED) is 0.492. The summed E-state index contributed by atoms with van der Waals surface area (Å²) in [4.78, 5) is 12.7. The summed E-state index contributed by atoms with van der Waals surface area (Å²) in [7, 11) is -4.00. The number of nitrogens with one attached hydrogen (secondary N) is 1. The summed E-state index contributed by atoms with van der Waals surface area (Å²) in [6.07, 6.45) is 3.97. The smallest absolute Gasteiger partial charge is 0.248 e. The highest BCUT2D eigenvalue weighted by atomic mass is 35.5. The Balaban J connectivity index is 1.48. The number of benzene rings is 2. The molecule has 1 aliphatic heterocycles. The number of aromatic nitrogens is 1. The fourth-order valence-electron chi connectivity index (χ4n) is 4.01. The molecule has 2 heterocycles. The fraction of sp³-hybridized carbons (Fsp3) is 0.280. The molecule has 1 fully saturated rings. The van der Waals surface area contributed by atoms with Crippen LogP contribution in [0.4, 0.5) is 4.39 Å². The number of nitrogens with zero attached hydrogens (tertiary/aromatic N) is 2. The molecule has 1 amide bonds. The highest BCUT2D eigenvalue weighted by Crippen LogP contribution is 2.29. The molecule has 1 atom stereocenters. The molecule has 1 aliphatic rings. The van der Waals surface area contributed by atoms with E-state index in [1.54, 1.807) is 30.3 Å². The molecule has 7 nitrogen and oxygen atoms in total. The maximum absolute atomic E-state index is 14.0. The Morgan fingerprint density at radius 1 is 1.23 bits per heavy atom. The number of piperidine rings is 1. The summed E-state index contributed by atoms with van der Waals surface area (Å²) < 4.78 is 47.6. The molecule has 1 aromatic heterocycles. The van der Waals surface area contributed by atoms with Gasteiger partial charge in [0.15, 0.2) is 10.7 Å². The van der Waals surface area contributed by atoms with E-state index in [-0.39, 0.29) is 35.3 Å². The number of carbonyl (C=O) groups excluding carboxylic acids is 1. The summed E-state index contributed by atoms with van der Waals surface area (Å²) in [5.41, 5.74) is 1.39. The summed E-state index contributed by atoms with van der Waals surface area (Å²) in [6, 6.07) is 13.3. The first kappa shape index (κ1) is 25.1. The lowest BCUT2D eigenvalue weighted by Gasteiger charge is -2.31. The predicted octanol–water partition coefficient (Wildman–Crippen LogP) is 4.66. The second kappa shape index (κ2) is 10.7. The molecule has 10 heteroatoms. The highest BCUT2D eigenvalue weighted by molar-refractivity contribution is 7.89. The van der Waals surface area contributed by atoms with Gasteiger partial charge >= 0.3 is 0 Å². The number of sulfonamides is 1. The fourth-order valence-corrected chi connectivity index (χ4v) is 5.91. The Bertz CT molecular complexity index is 1340. The molecule has 1 saturated heterocycles. The van der Waals surface area contributed by atoms with Gasteiger partial charge in [-0.25, -0.2) is 12.8 Å². The van der Waals surface area contributed by atoms with E-state index in [9.17, 15) is 17.6 Å². The molecule has 3 aromatic rings. The SMILES string of the molecule is Cc1noc(/C=C/c2ccccc2F)c1S(=O)(=O)N1CCC[C@H](C(=O)NCc2ccc(Cl)cc2)C1. The van der Waals surface area contributed by atoms with Crippen LogP contribution in [0.15, 0.2) is 57.9 Å². The molecular formula is C25H25ClFN3O4S. The van der Waals surface area contributed by atoms with Gasteiger partial charge in [-0.1, -0.05) is 47.1 Å². The molecule has 1 N–H and O–H groups in total. The van der Waals surface area contributed by atoms with Crippen molar-refractivity contribution in [3.63, 3.8) is 0 Å². The van der Waals surface area contributed by atoms with E-state index in [0.717, 1.165) is 5.56 Å². The van der Waals surface area contributed by atoms with Crippen molar-refractivity contribution in [1.29, 1.82) is 0 Å². The van der Waals surface area contributed by atoms with Gasteiger partial charge < -0.3 is 9.84 Å². The van der Waals surface area contributed by atoms with Crippen LogP contribution < -0.4 is 5.32 Å². The van der Waals surface area contributed by atoms with Crippen molar-refractivity contribution >= 4 is 39.7 Å². The topological polar surface area (TPSA) is 92.5 Å². The molecule has 0 saturated carbocycles. The van der Waals surface area contributed by atoms with Crippen molar-refractivity contribution in [2.24, 2.45) is 5.92 Å². The standard InChI is InChI=1S/C25H25ClFN3O4S/c1-17-24(23(34-29-17)13-10-19-5-2-3-7-22(19)27)35(32,33)30-14-4-6-20(16-30)25(31)28-15-18-8-11-21(26)12-9-18/h2-3,5,7-13,20H,4,6,14-16H2,1H3,(H,28,31)/b13-10+/t20-/m0/s1. The average Bonchev–Trinajstić information content (AvgIpc) is 3.24. The zero-order valence-corrected chi connectivity index (χ0v) is 20.7. The first-order valence-electron chi connectivity index (χ1n) is 11.2. The Labute approximate surface area is 208 Å². The van der Waals surface area contributed by atoms with Gasteiger partial charge in [-0.05, 0) is 55.7 Å².